The molecule has 0 radical (unpaired) electrons. The lowest BCUT2D eigenvalue weighted by Gasteiger charge is -2.13. The molecule has 0 aromatic heterocycles. The fraction of sp³-hybridized carbons (Fsp3) is 0.364. The van der Waals surface area contributed by atoms with Crippen LogP contribution in [0.4, 0.5) is 17.6 Å². The van der Waals surface area contributed by atoms with E-state index in [-0.39, 0.29) is 5.56 Å². The summed E-state index contributed by atoms with van der Waals surface area (Å²) in [4.78, 5) is 11.0. The van der Waals surface area contributed by atoms with Gasteiger partial charge in [-0.05, 0) is 18.6 Å². The highest BCUT2D eigenvalue weighted by molar-refractivity contribution is 6.30. The largest absolute Gasteiger partial charge is 0.298 e. The van der Waals surface area contributed by atoms with Crippen LogP contribution < -0.4 is 0 Å². The van der Waals surface area contributed by atoms with Crippen molar-refractivity contribution in [1.82, 2.24) is 0 Å². The van der Waals surface area contributed by atoms with Gasteiger partial charge in [0.2, 0.25) is 0 Å². The van der Waals surface area contributed by atoms with Crippen molar-refractivity contribution in [2.45, 2.75) is 25.2 Å². The number of hydrogen-bond donors (Lipinski definition) is 0. The number of hydrogen-bond acceptors (Lipinski definition) is 1. The van der Waals surface area contributed by atoms with Gasteiger partial charge in [-0.2, -0.15) is 0 Å². The lowest BCUT2D eigenvalue weighted by molar-refractivity contribution is -0.116. The second-order valence-electron chi connectivity index (χ2n) is 3.46. The minimum absolute atomic E-state index is 0.257. The molecule has 1 aromatic carbocycles. The van der Waals surface area contributed by atoms with E-state index in [1.807, 2.05) is 0 Å². The smallest absolute Gasteiger partial charge is 0.264 e. The maximum absolute atomic E-state index is 12.6. The second kappa shape index (κ2) is 5.49. The number of carbonyl (C=O) groups excluding carboxylic acids is 1. The molecular weight excluding hydrogens is 260 g/mol. The molecule has 6 heteroatoms. The molecule has 1 rings (SSSR count). The van der Waals surface area contributed by atoms with Gasteiger partial charge in [-0.25, -0.2) is 17.6 Å². The van der Waals surface area contributed by atoms with Gasteiger partial charge in [-0.3, -0.25) is 4.79 Å². The third-order valence-electron chi connectivity index (χ3n) is 2.23. The van der Waals surface area contributed by atoms with Crippen LogP contribution in [0.1, 0.15) is 41.8 Å². The third kappa shape index (κ3) is 3.19. The topological polar surface area (TPSA) is 17.1 Å². The van der Waals surface area contributed by atoms with Crippen LogP contribution in [0.15, 0.2) is 18.2 Å². The van der Waals surface area contributed by atoms with Crippen LogP contribution in [0.5, 0.6) is 0 Å². The van der Waals surface area contributed by atoms with Gasteiger partial charge in [-0.15, -0.1) is 11.6 Å². The molecule has 1 nitrogen and oxygen atoms in total. The maximum atomic E-state index is 12.6. The van der Waals surface area contributed by atoms with Crippen LogP contribution in [0.2, 0.25) is 0 Å². The normalized spacial score (nSPS) is 13.2. The molecule has 0 saturated carbocycles. The molecule has 0 amide bonds. The van der Waals surface area contributed by atoms with Crippen molar-refractivity contribution in [3.05, 3.63) is 34.9 Å². The standard InChI is InChI=1S/C11H9ClF4O/c1-5(17)9(12)8-4-6(10(13)14)2-3-7(8)11(15)16/h2-4,9-11H,1H3. The van der Waals surface area contributed by atoms with E-state index in [9.17, 15) is 22.4 Å². The number of Topliss-reactive ketones (excluding diaryl/α,β-unsaturated/α-hetero) is 1. The van der Waals surface area contributed by atoms with Crippen molar-refractivity contribution >= 4 is 17.4 Å². The zero-order chi connectivity index (χ0) is 13.2. The molecule has 17 heavy (non-hydrogen) atoms. The summed E-state index contributed by atoms with van der Waals surface area (Å²) in [5, 5.41) is -1.34. The molecule has 0 aliphatic rings. The van der Waals surface area contributed by atoms with Crippen molar-refractivity contribution in [2.75, 3.05) is 0 Å². The zero-order valence-corrected chi connectivity index (χ0v) is 9.52. The zero-order valence-electron chi connectivity index (χ0n) is 8.76. The summed E-state index contributed by atoms with van der Waals surface area (Å²) >= 11 is 5.64. The fourth-order valence-corrected chi connectivity index (χ4v) is 1.56. The summed E-state index contributed by atoms with van der Waals surface area (Å²) in [6, 6.07) is 2.63. The molecule has 0 aliphatic carbocycles. The number of ketones is 1. The Morgan fingerprint density at radius 1 is 1.12 bits per heavy atom. The van der Waals surface area contributed by atoms with Crippen LogP contribution in [-0.2, 0) is 4.79 Å². The molecule has 94 valence electrons. The Morgan fingerprint density at radius 2 is 1.71 bits per heavy atom. The molecule has 0 fully saturated rings. The van der Waals surface area contributed by atoms with E-state index in [0.29, 0.717) is 0 Å². The molecule has 0 bridgehead atoms. The molecule has 0 aliphatic heterocycles. The van der Waals surface area contributed by atoms with Crippen LogP contribution in [0.25, 0.3) is 0 Å². The van der Waals surface area contributed by atoms with E-state index < -0.39 is 35.1 Å². The van der Waals surface area contributed by atoms with Gasteiger partial charge in [0, 0.05) is 11.1 Å². The van der Waals surface area contributed by atoms with E-state index in [4.69, 9.17) is 11.6 Å². The molecule has 0 saturated heterocycles. The molecule has 0 N–H and O–H groups in total. The lowest BCUT2D eigenvalue weighted by atomic mass is 9.99. The summed E-state index contributed by atoms with van der Waals surface area (Å²) in [6.45, 7) is 1.11. The minimum Gasteiger partial charge on any atom is -0.298 e. The van der Waals surface area contributed by atoms with E-state index >= 15 is 0 Å². The molecule has 1 unspecified atom stereocenters. The quantitative estimate of drug-likeness (QED) is 0.583. The predicted octanol–water partition coefficient (Wildman–Crippen LogP) is 4.43. The summed E-state index contributed by atoms with van der Waals surface area (Å²) < 4.78 is 50.1. The van der Waals surface area contributed by atoms with Crippen molar-refractivity contribution in [2.24, 2.45) is 0 Å². The van der Waals surface area contributed by atoms with Crippen molar-refractivity contribution in [3.8, 4) is 0 Å². The first-order valence-electron chi connectivity index (χ1n) is 4.69. The number of rotatable bonds is 4. The van der Waals surface area contributed by atoms with Gasteiger partial charge < -0.3 is 0 Å². The highest BCUT2D eigenvalue weighted by atomic mass is 35.5. The Hall–Kier alpha value is -1.10. The van der Waals surface area contributed by atoms with Gasteiger partial charge in [0.05, 0.1) is 0 Å². The average Bonchev–Trinajstić information content (AvgIpc) is 2.26. The highest BCUT2D eigenvalue weighted by Crippen LogP contribution is 2.34. The Bertz CT molecular complexity index is 420. The van der Waals surface area contributed by atoms with Gasteiger partial charge in [0.15, 0.2) is 5.78 Å². The predicted molar refractivity (Wildman–Crippen MR) is 55.6 cm³/mol. The van der Waals surface area contributed by atoms with Gasteiger partial charge in [0.1, 0.15) is 5.38 Å². The number of benzene rings is 1. The Labute approximate surface area is 100 Å². The minimum atomic E-state index is -2.86. The molecular formula is C11H9ClF4O. The molecule has 0 spiro atoms. The van der Waals surface area contributed by atoms with Crippen LogP contribution >= 0.6 is 11.6 Å². The van der Waals surface area contributed by atoms with Crippen molar-refractivity contribution in [1.29, 1.82) is 0 Å². The average molecular weight is 269 g/mol. The van der Waals surface area contributed by atoms with Crippen molar-refractivity contribution < 1.29 is 22.4 Å². The third-order valence-corrected chi connectivity index (χ3v) is 2.77. The first-order valence-corrected chi connectivity index (χ1v) is 5.12. The molecule has 0 heterocycles. The summed E-state index contributed by atoms with van der Waals surface area (Å²) in [7, 11) is 0. The van der Waals surface area contributed by atoms with Crippen LogP contribution in [0, 0.1) is 0 Å². The van der Waals surface area contributed by atoms with Gasteiger partial charge in [-0.1, -0.05) is 12.1 Å². The summed E-state index contributed by atoms with van der Waals surface area (Å²) in [5.41, 5.74) is -1.19. The second-order valence-corrected chi connectivity index (χ2v) is 3.90. The summed E-state index contributed by atoms with van der Waals surface area (Å²) in [5.74, 6) is -0.569. The number of alkyl halides is 5. The summed E-state index contributed by atoms with van der Waals surface area (Å²) in [6.07, 6.45) is -5.66. The monoisotopic (exact) mass is 268 g/mol. The van der Waals surface area contributed by atoms with Gasteiger partial charge in [0.25, 0.3) is 12.9 Å². The first kappa shape index (κ1) is 14.0. The SMILES string of the molecule is CC(=O)C(Cl)c1cc(C(F)F)ccc1C(F)F. The van der Waals surface area contributed by atoms with Crippen LogP contribution in [-0.4, -0.2) is 5.78 Å². The molecule has 1 atom stereocenters. The van der Waals surface area contributed by atoms with Gasteiger partial charge >= 0.3 is 0 Å². The van der Waals surface area contributed by atoms with E-state index in [2.05, 4.69) is 0 Å². The van der Waals surface area contributed by atoms with E-state index in [1.54, 1.807) is 0 Å². The van der Waals surface area contributed by atoms with Crippen LogP contribution in [0.3, 0.4) is 0 Å². The van der Waals surface area contributed by atoms with E-state index in [0.717, 1.165) is 25.1 Å². The molecule has 1 aromatic rings. The first-order chi connectivity index (χ1) is 7.84. The fourth-order valence-electron chi connectivity index (χ4n) is 1.37. The Morgan fingerprint density at radius 3 is 2.12 bits per heavy atom. The van der Waals surface area contributed by atoms with E-state index in [1.165, 1.54) is 0 Å². The Balaban J connectivity index is 3.30. The maximum Gasteiger partial charge on any atom is 0.264 e. The van der Waals surface area contributed by atoms with Crippen molar-refractivity contribution in [3.63, 3.8) is 0 Å². The lowest BCUT2D eigenvalue weighted by Crippen LogP contribution is -2.06. The number of halogens is 5. The Kier molecular flexibility index (Phi) is 4.51. The highest BCUT2D eigenvalue weighted by Gasteiger charge is 2.23. The number of carbonyl (C=O) groups is 1.